The molecule has 0 aliphatic heterocycles. The molecule has 0 amide bonds. The van der Waals surface area contributed by atoms with E-state index < -0.39 is 0 Å². The number of benzene rings is 2. The number of hydrogen-bond donors (Lipinski definition) is 0. The number of rotatable bonds is 2. The fourth-order valence-corrected chi connectivity index (χ4v) is 1.80. The minimum absolute atomic E-state index is 0.310. The molecular formula is C13H11ClO2. The highest BCUT2D eigenvalue weighted by atomic mass is 35.5. The lowest BCUT2D eigenvalue weighted by molar-refractivity contribution is 0.0528. The van der Waals surface area contributed by atoms with E-state index in [-0.39, 0.29) is 5.97 Å². The van der Waals surface area contributed by atoms with Crippen LogP contribution in [0.5, 0.6) is 0 Å². The Morgan fingerprint density at radius 3 is 2.88 bits per heavy atom. The fourth-order valence-electron chi connectivity index (χ4n) is 1.63. The van der Waals surface area contributed by atoms with Crippen LogP contribution in [0.1, 0.15) is 17.3 Å². The second-order valence-corrected chi connectivity index (χ2v) is 3.83. The zero-order chi connectivity index (χ0) is 11.5. The van der Waals surface area contributed by atoms with E-state index in [1.54, 1.807) is 25.1 Å². The van der Waals surface area contributed by atoms with E-state index in [2.05, 4.69) is 0 Å². The Morgan fingerprint density at radius 2 is 2.12 bits per heavy atom. The van der Waals surface area contributed by atoms with Gasteiger partial charge in [-0.05, 0) is 35.9 Å². The van der Waals surface area contributed by atoms with Gasteiger partial charge in [-0.15, -0.1) is 0 Å². The van der Waals surface area contributed by atoms with E-state index in [0.29, 0.717) is 17.2 Å². The molecule has 2 aromatic carbocycles. The Balaban J connectivity index is 2.60. The van der Waals surface area contributed by atoms with Gasteiger partial charge < -0.3 is 4.74 Å². The van der Waals surface area contributed by atoms with Crippen LogP contribution < -0.4 is 0 Å². The highest BCUT2D eigenvalue weighted by molar-refractivity contribution is 6.31. The maximum atomic E-state index is 11.7. The molecule has 0 N–H and O–H groups in total. The molecule has 3 heteroatoms. The van der Waals surface area contributed by atoms with Crippen molar-refractivity contribution in [2.24, 2.45) is 0 Å². The number of hydrogen-bond acceptors (Lipinski definition) is 2. The lowest BCUT2D eigenvalue weighted by atomic mass is 10.0. The number of halogens is 1. The van der Waals surface area contributed by atoms with Gasteiger partial charge in [0, 0.05) is 5.02 Å². The van der Waals surface area contributed by atoms with Crippen molar-refractivity contribution in [3.63, 3.8) is 0 Å². The van der Waals surface area contributed by atoms with Crippen LogP contribution in [0.25, 0.3) is 10.8 Å². The van der Waals surface area contributed by atoms with E-state index in [1.807, 2.05) is 18.2 Å². The topological polar surface area (TPSA) is 26.3 Å². The summed E-state index contributed by atoms with van der Waals surface area (Å²) in [5.74, 6) is -0.310. The smallest absolute Gasteiger partial charge is 0.338 e. The van der Waals surface area contributed by atoms with Crippen LogP contribution in [-0.2, 0) is 4.74 Å². The molecule has 0 heterocycles. The quantitative estimate of drug-likeness (QED) is 0.741. The van der Waals surface area contributed by atoms with Gasteiger partial charge in [0.1, 0.15) is 0 Å². The number of carbonyl (C=O) groups excluding carboxylic acids is 1. The number of esters is 1. The molecule has 0 saturated heterocycles. The molecule has 0 spiro atoms. The molecule has 0 aliphatic rings. The van der Waals surface area contributed by atoms with E-state index in [1.165, 1.54) is 0 Å². The molecule has 0 unspecified atom stereocenters. The van der Waals surface area contributed by atoms with Crippen LogP contribution in [-0.4, -0.2) is 12.6 Å². The van der Waals surface area contributed by atoms with Crippen molar-refractivity contribution in [1.29, 1.82) is 0 Å². The predicted octanol–water partition coefficient (Wildman–Crippen LogP) is 3.67. The first kappa shape index (κ1) is 11.0. The van der Waals surface area contributed by atoms with Gasteiger partial charge in [0.15, 0.2) is 0 Å². The Hall–Kier alpha value is -1.54. The van der Waals surface area contributed by atoms with Crippen molar-refractivity contribution < 1.29 is 9.53 Å². The lowest BCUT2D eigenvalue weighted by Gasteiger charge is -2.06. The molecule has 0 fully saturated rings. The monoisotopic (exact) mass is 234 g/mol. The van der Waals surface area contributed by atoms with Gasteiger partial charge in [0.05, 0.1) is 12.2 Å². The van der Waals surface area contributed by atoms with Crippen molar-refractivity contribution in [1.82, 2.24) is 0 Å². The first-order chi connectivity index (χ1) is 7.72. The minimum atomic E-state index is -0.310. The van der Waals surface area contributed by atoms with E-state index in [4.69, 9.17) is 16.3 Å². The average Bonchev–Trinajstić information content (AvgIpc) is 2.28. The van der Waals surface area contributed by atoms with Gasteiger partial charge in [-0.3, -0.25) is 0 Å². The van der Waals surface area contributed by atoms with E-state index >= 15 is 0 Å². The first-order valence-electron chi connectivity index (χ1n) is 5.08. The third-order valence-electron chi connectivity index (χ3n) is 2.34. The molecule has 0 saturated carbocycles. The predicted molar refractivity (Wildman–Crippen MR) is 64.9 cm³/mol. The first-order valence-corrected chi connectivity index (χ1v) is 5.45. The molecule has 0 radical (unpaired) electrons. The van der Waals surface area contributed by atoms with Gasteiger partial charge in [-0.25, -0.2) is 4.79 Å². The molecule has 0 bridgehead atoms. The molecule has 0 aromatic heterocycles. The minimum Gasteiger partial charge on any atom is -0.462 e. The lowest BCUT2D eigenvalue weighted by Crippen LogP contribution is -2.05. The summed E-state index contributed by atoms with van der Waals surface area (Å²) in [5.41, 5.74) is 0.557. The summed E-state index contributed by atoms with van der Waals surface area (Å²) in [6.45, 7) is 2.16. The van der Waals surface area contributed by atoms with E-state index in [9.17, 15) is 4.79 Å². The molecule has 2 aromatic rings. The molecule has 16 heavy (non-hydrogen) atoms. The van der Waals surface area contributed by atoms with Crippen molar-refractivity contribution in [2.45, 2.75) is 6.92 Å². The Morgan fingerprint density at radius 1 is 1.31 bits per heavy atom. The van der Waals surface area contributed by atoms with Crippen LogP contribution in [0.2, 0.25) is 5.02 Å². The van der Waals surface area contributed by atoms with Gasteiger partial charge in [0.25, 0.3) is 0 Å². The van der Waals surface area contributed by atoms with Crippen molar-refractivity contribution in [2.75, 3.05) is 6.61 Å². The number of fused-ring (bicyclic) bond motifs is 1. The SMILES string of the molecule is CCOC(=O)c1cccc2ccc(Cl)cc12. The molecule has 0 atom stereocenters. The van der Waals surface area contributed by atoms with Crippen molar-refractivity contribution in [3.8, 4) is 0 Å². The Labute approximate surface area is 98.8 Å². The summed E-state index contributed by atoms with van der Waals surface area (Å²) in [7, 11) is 0. The Bertz CT molecular complexity index is 534. The van der Waals surface area contributed by atoms with Crippen LogP contribution in [0.4, 0.5) is 0 Å². The average molecular weight is 235 g/mol. The zero-order valence-corrected chi connectivity index (χ0v) is 9.62. The second kappa shape index (κ2) is 4.54. The van der Waals surface area contributed by atoms with Crippen molar-refractivity contribution in [3.05, 3.63) is 47.0 Å². The second-order valence-electron chi connectivity index (χ2n) is 3.39. The summed E-state index contributed by atoms with van der Waals surface area (Å²) in [4.78, 5) is 11.7. The number of ether oxygens (including phenoxy) is 1. The Kier molecular flexibility index (Phi) is 3.11. The highest BCUT2D eigenvalue weighted by Crippen LogP contribution is 2.23. The van der Waals surface area contributed by atoms with Gasteiger partial charge in [-0.1, -0.05) is 29.8 Å². The molecule has 0 aliphatic carbocycles. The van der Waals surface area contributed by atoms with Crippen LogP contribution in [0.3, 0.4) is 0 Å². The van der Waals surface area contributed by atoms with Crippen molar-refractivity contribution >= 4 is 28.3 Å². The number of carbonyl (C=O) groups is 1. The molecular weight excluding hydrogens is 224 g/mol. The summed E-state index contributed by atoms with van der Waals surface area (Å²) in [5, 5.41) is 2.42. The molecule has 2 nitrogen and oxygen atoms in total. The van der Waals surface area contributed by atoms with Crippen LogP contribution >= 0.6 is 11.6 Å². The summed E-state index contributed by atoms with van der Waals surface area (Å²) in [6, 6.07) is 11.0. The third kappa shape index (κ3) is 2.02. The van der Waals surface area contributed by atoms with Gasteiger partial charge in [0.2, 0.25) is 0 Å². The zero-order valence-electron chi connectivity index (χ0n) is 8.87. The van der Waals surface area contributed by atoms with Crippen LogP contribution in [0, 0.1) is 0 Å². The summed E-state index contributed by atoms with van der Waals surface area (Å²) >= 11 is 5.92. The maximum absolute atomic E-state index is 11.7. The molecule has 82 valence electrons. The molecule has 2 rings (SSSR count). The highest BCUT2D eigenvalue weighted by Gasteiger charge is 2.10. The van der Waals surface area contributed by atoms with Crippen LogP contribution in [0.15, 0.2) is 36.4 Å². The summed E-state index contributed by atoms with van der Waals surface area (Å²) in [6.07, 6.45) is 0. The van der Waals surface area contributed by atoms with Gasteiger partial charge in [-0.2, -0.15) is 0 Å². The fraction of sp³-hybridized carbons (Fsp3) is 0.154. The third-order valence-corrected chi connectivity index (χ3v) is 2.57. The summed E-state index contributed by atoms with van der Waals surface area (Å²) < 4.78 is 4.99. The largest absolute Gasteiger partial charge is 0.462 e. The normalized spacial score (nSPS) is 10.4. The standard InChI is InChI=1S/C13H11ClO2/c1-2-16-13(15)11-5-3-4-9-6-7-10(14)8-12(9)11/h3-8H,2H2,1H3. The van der Waals surface area contributed by atoms with Gasteiger partial charge >= 0.3 is 5.97 Å². The maximum Gasteiger partial charge on any atom is 0.338 e. The van der Waals surface area contributed by atoms with E-state index in [0.717, 1.165) is 10.8 Å².